The first-order valence-electron chi connectivity index (χ1n) is 4.27. The Kier molecular flexibility index (Phi) is 2.60. The van der Waals surface area contributed by atoms with Crippen LogP contribution in [0.15, 0.2) is 24.7 Å². The minimum atomic E-state index is -0.508. The van der Waals surface area contributed by atoms with E-state index in [0.717, 1.165) is 11.8 Å². The van der Waals surface area contributed by atoms with E-state index in [-0.39, 0.29) is 11.0 Å². The zero-order chi connectivity index (χ0) is 10.8. The first-order chi connectivity index (χ1) is 7.16. The lowest BCUT2D eigenvalue weighted by Gasteiger charge is -2.02. The van der Waals surface area contributed by atoms with Gasteiger partial charge in [0.25, 0.3) is 0 Å². The molecule has 76 valence electrons. The molecule has 0 saturated heterocycles. The van der Waals surface area contributed by atoms with Crippen molar-refractivity contribution in [3.05, 3.63) is 41.3 Å². The third kappa shape index (κ3) is 2.10. The lowest BCUT2D eigenvalue weighted by molar-refractivity contribution is 0.618. The molecular weight excluding hydrogens is 217 g/mol. The van der Waals surface area contributed by atoms with Gasteiger partial charge in [-0.3, -0.25) is 4.98 Å². The standard InChI is InChI=1S/C10H7ClFN3/c1-6-2-7(4-13-3-6)9-8(12)5-14-10(11)15-9/h2-5H,1H3. The van der Waals surface area contributed by atoms with Gasteiger partial charge in [-0.15, -0.1) is 0 Å². The van der Waals surface area contributed by atoms with Crippen LogP contribution in [0.25, 0.3) is 11.3 Å². The summed E-state index contributed by atoms with van der Waals surface area (Å²) in [6.07, 6.45) is 4.27. The fourth-order valence-electron chi connectivity index (χ4n) is 1.23. The topological polar surface area (TPSA) is 38.7 Å². The maximum atomic E-state index is 13.4. The van der Waals surface area contributed by atoms with Gasteiger partial charge in [-0.05, 0) is 30.2 Å². The van der Waals surface area contributed by atoms with Gasteiger partial charge in [0, 0.05) is 18.0 Å². The molecule has 0 aliphatic carbocycles. The molecule has 2 aromatic heterocycles. The Morgan fingerprint density at radius 3 is 2.80 bits per heavy atom. The number of nitrogens with zero attached hydrogens (tertiary/aromatic N) is 3. The number of pyridine rings is 1. The summed E-state index contributed by atoms with van der Waals surface area (Å²) in [6.45, 7) is 1.87. The summed E-state index contributed by atoms with van der Waals surface area (Å²) in [6, 6.07) is 1.79. The van der Waals surface area contributed by atoms with Crippen LogP contribution in [-0.2, 0) is 0 Å². The van der Waals surface area contributed by atoms with E-state index in [9.17, 15) is 4.39 Å². The van der Waals surface area contributed by atoms with Crippen LogP contribution in [0, 0.1) is 12.7 Å². The van der Waals surface area contributed by atoms with Gasteiger partial charge in [-0.1, -0.05) is 0 Å². The van der Waals surface area contributed by atoms with E-state index in [1.165, 1.54) is 6.20 Å². The van der Waals surface area contributed by atoms with E-state index in [2.05, 4.69) is 15.0 Å². The maximum absolute atomic E-state index is 13.4. The second-order valence-electron chi connectivity index (χ2n) is 3.09. The SMILES string of the molecule is Cc1cncc(-c2nc(Cl)ncc2F)c1. The van der Waals surface area contributed by atoms with Crippen molar-refractivity contribution in [1.29, 1.82) is 0 Å². The molecule has 0 saturated carbocycles. The Morgan fingerprint density at radius 1 is 1.27 bits per heavy atom. The number of aromatic nitrogens is 3. The van der Waals surface area contributed by atoms with Crippen LogP contribution in [0.3, 0.4) is 0 Å². The van der Waals surface area contributed by atoms with E-state index in [1.54, 1.807) is 12.3 Å². The second-order valence-corrected chi connectivity index (χ2v) is 3.42. The average Bonchev–Trinajstić information content (AvgIpc) is 2.22. The Bertz CT molecular complexity index is 502. The van der Waals surface area contributed by atoms with Crippen LogP contribution in [0.2, 0.25) is 5.28 Å². The summed E-state index contributed by atoms with van der Waals surface area (Å²) in [7, 11) is 0. The van der Waals surface area contributed by atoms with Crippen LogP contribution in [0.1, 0.15) is 5.56 Å². The molecule has 2 rings (SSSR count). The molecule has 3 nitrogen and oxygen atoms in total. The summed E-state index contributed by atoms with van der Waals surface area (Å²) in [5.74, 6) is -0.508. The van der Waals surface area contributed by atoms with Gasteiger partial charge < -0.3 is 0 Å². The molecule has 2 heterocycles. The van der Waals surface area contributed by atoms with Crippen LogP contribution in [0.5, 0.6) is 0 Å². The molecule has 0 unspecified atom stereocenters. The number of rotatable bonds is 1. The highest BCUT2D eigenvalue weighted by molar-refractivity contribution is 6.28. The van der Waals surface area contributed by atoms with Crippen molar-refractivity contribution < 1.29 is 4.39 Å². The number of halogens is 2. The lowest BCUT2D eigenvalue weighted by Crippen LogP contribution is -1.93. The van der Waals surface area contributed by atoms with Crippen LogP contribution in [0.4, 0.5) is 4.39 Å². The van der Waals surface area contributed by atoms with Crippen molar-refractivity contribution >= 4 is 11.6 Å². The number of aryl methyl sites for hydroxylation is 1. The molecule has 0 aliphatic heterocycles. The maximum Gasteiger partial charge on any atom is 0.223 e. The van der Waals surface area contributed by atoms with Crippen molar-refractivity contribution in [2.45, 2.75) is 6.92 Å². The molecular formula is C10H7ClFN3. The third-order valence-electron chi connectivity index (χ3n) is 1.86. The largest absolute Gasteiger partial charge is 0.264 e. The monoisotopic (exact) mass is 223 g/mol. The van der Waals surface area contributed by atoms with Gasteiger partial charge in [-0.2, -0.15) is 0 Å². The van der Waals surface area contributed by atoms with Gasteiger partial charge >= 0.3 is 0 Å². The van der Waals surface area contributed by atoms with Gasteiger partial charge in [0.2, 0.25) is 5.28 Å². The summed E-state index contributed by atoms with van der Waals surface area (Å²) in [4.78, 5) is 11.3. The van der Waals surface area contributed by atoms with E-state index >= 15 is 0 Å². The van der Waals surface area contributed by atoms with Crippen molar-refractivity contribution in [1.82, 2.24) is 15.0 Å². The van der Waals surface area contributed by atoms with Gasteiger partial charge in [0.05, 0.1) is 6.20 Å². The molecule has 0 amide bonds. The predicted molar refractivity (Wildman–Crippen MR) is 55.0 cm³/mol. The molecule has 2 aromatic rings. The van der Waals surface area contributed by atoms with E-state index in [0.29, 0.717) is 5.56 Å². The Labute approximate surface area is 91.0 Å². The minimum Gasteiger partial charge on any atom is -0.264 e. The van der Waals surface area contributed by atoms with E-state index < -0.39 is 5.82 Å². The Balaban J connectivity index is 2.58. The Morgan fingerprint density at radius 2 is 2.07 bits per heavy atom. The van der Waals surface area contributed by atoms with Gasteiger partial charge in [0.1, 0.15) is 5.69 Å². The fraction of sp³-hybridized carbons (Fsp3) is 0.100. The molecule has 0 aromatic carbocycles. The van der Waals surface area contributed by atoms with Gasteiger partial charge in [-0.25, -0.2) is 14.4 Å². The van der Waals surface area contributed by atoms with Crippen molar-refractivity contribution in [3.8, 4) is 11.3 Å². The third-order valence-corrected chi connectivity index (χ3v) is 2.05. The van der Waals surface area contributed by atoms with Crippen LogP contribution in [-0.4, -0.2) is 15.0 Å². The van der Waals surface area contributed by atoms with Crippen LogP contribution < -0.4 is 0 Å². The summed E-state index contributed by atoms with van der Waals surface area (Å²) in [5, 5.41) is 0.0212. The van der Waals surface area contributed by atoms with Crippen molar-refractivity contribution in [3.63, 3.8) is 0 Å². The first-order valence-corrected chi connectivity index (χ1v) is 4.64. The smallest absolute Gasteiger partial charge is 0.223 e. The average molecular weight is 224 g/mol. The zero-order valence-electron chi connectivity index (χ0n) is 7.91. The molecule has 5 heteroatoms. The lowest BCUT2D eigenvalue weighted by atomic mass is 10.1. The highest BCUT2D eigenvalue weighted by Crippen LogP contribution is 2.20. The highest BCUT2D eigenvalue weighted by Gasteiger charge is 2.08. The number of hydrogen-bond donors (Lipinski definition) is 0. The molecule has 0 bridgehead atoms. The molecule has 0 atom stereocenters. The fourth-order valence-corrected chi connectivity index (χ4v) is 1.37. The molecule has 0 aliphatic rings. The zero-order valence-corrected chi connectivity index (χ0v) is 8.66. The molecule has 0 fully saturated rings. The summed E-state index contributed by atoms with van der Waals surface area (Å²) in [5.41, 5.74) is 1.70. The molecule has 0 N–H and O–H groups in total. The minimum absolute atomic E-state index is 0.0212. The molecule has 0 radical (unpaired) electrons. The first kappa shape index (κ1) is 9.98. The highest BCUT2D eigenvalue weighted by atomic mass is 35.5. The Hall–Kier alpha value is -1.55. The van der Waals surface area contributed by atoms with Gasteiger partial charge in [0.15, 0.2) is 5.82 Å². The molecule has 0 spiro atoms. The quantitative estimate of drug-likeness (QED) is 0.698. The molecule has 15 heavy (non-hydrogen) atoms. The second kappa shape index (κ2) is 3.90. The van der Waals surface area contributed by atoms with Crippen LogP contribution >= 0.6 is 11.6 Å². The number of hydrogen-bond acceptors (Lipinski definition) is 3. The van der Waals surface area contributed by atoms with E-state index in [1.807, 2.05) is 6.92 Å². The predicted octanol–water partition coefficient (Wildman–Crippen LogP) is 2.64. The summed E-state index contributed by atoms with van der Waals surface area (Å²) < 4.78 is 13.4. The van der Waals surface area contributed by atoms with E-state index in [4.69, 9.17) is 11.6 Å². The van der Waals surface area contributed by atoms with Crippen molar-refractivity contribution in [2.75, 3.05) is 0 Å². The summed E-state index contributed by atoms with van der Waals surface area (Å²) >= 11 is 5.60. The normalized spacial score (nSPS) is 10.3. The van der Waals surface area contributed by atoms with Crippen molar-refractivity contribution in [2.24, 2.45) is 0 Å².